The van der Waals surface area contributed by atoms with Gasteiger partial charge in [-0.2, -0.15) is 0 Å². The minimum atomic E-state index is -1.24. The largest absolute Gasteiger partial charge is 0.509 e. The second-order valence-corrected chi connectivity index (χ2v) is 14.3. The summed E-state index contributed by atoms with van der Waals surface area (Å²) in [6, 6.07) is -0.169. The Balaban J connectivity index is 1.47. The molecule has 5 unspecified atom stereocenters. The number of carbonyl (C=O) groups is 2. The topological polar surface area (TPSA) is 142 Å². The number of aliphatic hydroxyl groups excluding tert-OH is 2. The van der Waals surface area contributed by atoms with Gasteiger partial charge in [0.15, 0.2) is 11.9 Å². The molecule has 12 nitrogen and oxygen atoms in total. The summed E-state index contributed by atoms with van der Waals surface area (Å²) in [5, 5.41) is 23.2. The van der Waals surface area contributed by atoms with E-state index in [0.717, 1.165) is 13.1 Å². The molecule has 5 heterocycles. The zero-order chi connectivity index (χ0) is 32.1. The highest BCUT2D eigenvalue weighted by Crippen LogP contribution is 2.49. The van der Waals surface area contributed by atoms with Crippen LogP contribution in [0.5, 0.6) is 0 Å². The molecule has 12 heteroatoms. The summed E-state index contributed by atoms with van der Waals surface area (Å²) in [5.74, 6) is -2.53. The molecular formula is C32H53NO11. The highest BCUT2D eigenvalue weighted by molar-refractivity contribution is 5.73. The van der Waals surface area contributed by atoms with Crippen molar-refractivity contribution < 1.29 is 53.0 Å². The molecule has 0 spiro atoms. The van der Waals surface area contributed by atoms with Crippen molar-refractivity contribution in [3.8, 4) is 0 Å². The predicted molar refractivity (Wildman–Crippen MR) is 156 cm³/mol. The van der Waals surface area contributed by atoms with Gasteiger partial charge < -0.3 is 43.4 Å². The molecule has 0 amide bonds. The van der Waals surface area contributed by atoms with E-state index in [9.17, 15) is 19.8 Å². The van der Waals surface area contributed by atoms with Crippen LogP contribution < -0.4 is 0 Å². The number of esters is 1. The van der Waals surface area contributed by atoms with Crippen LogP contribution in [0.15, 0.2) is 0 Å². The van der Waals surface area contributed by atoms with E-state index >= 15 is 0 Å². The lowest BCUT2D eigenvalue weighted by atomic mass is 9.76. The van der Waals surface area contributed by atoms with Crippen LogP contribution in [-0.2, 0) is 38.0 Å². The highest BCUT2D eigenvalue weighted by Gasteiger charge is 2.61. The van der Waals surface area contributed by atoms with Crippen molar-refractivity contribution in [2.24, 2.45) is 23.7 Å². The summed E-state index contributed by atoms with van der Waals surface area (Å²) >= 11 is 0. The first-order chi connectivity index (χ1) is 20.7. The number of fused-ring (bicyclic) bond motifs is 2. The first-order valence-electron chi connectivity index (χ1n) is 16.5. The van der Waals surface area contributed by atoms with Gasteiger partial charge in [0.05, 0.1) is 49.1 Å². The maximum Gasteiger partial charge on any atom is 0.509 e. The van der Waals surface area contributed by atoms with Gasteiger partial charge in [0.2, 0.25) is 0 Å². The molecule has 0 saturated carbocycles. The second-order valence-electron chi connectivity index (χ2n) is 14.3. The molecule has 44 heavy (non-hydrogen) atoms. The van der Waals surface area contributed by atoms with Crippen molar-refractivity contribution in [1.82, 2.24) is 4.90 Å². The lowest BCUT2D eigenvalue weighted by Gasteiger charge is -2.48. The van der Waals surface area contributed by atoms with Gasteiger partial charge in [-0.05, 0) is 52.9 Å². The molecular weight excluding hydrogens is 574 g/mol. The van der Waals surface area contributed by atoms with Gasteiger partial charge in [-0.25, -0.2) is 4.79 Å². The maximum atomic E-state index is 13.7. The molecule has 2 bridgehead atoms. The Morgan fingerprint density at radius 2 is 1.66 bits per heavy atom. The standard InChI is InChI=1S/C32H53NO11/c1-9-22-32(8,44-30(37)40-22)27-20(6)25-16(2)15-31(7,43-25)26(18(4)23(34)19(5)28(36)41-27)42-29-24(35)21(14-17(3)39-29)33-10-12-38-13-11-33/h16-27,29,34-35H,9-15H2,1-8H3/t16?,17?,18-,19+,20-,21?,22+,23-,24?,25?,26+,27+,29-,31+,32+/m0/s1. The molecule has 5 fully saturated rings. The lowest BCUT2D eigenvalue weighted by Crippen LogP contribution is -2.61. The fourth-order valence-corrected chi connectivity index (χ4v) is 8.58. The Morgan fingerprint density at radius 3 is 2.32 bits per heavy atom. The minimum Gasteiger partial charge on any atom is -0.457 e. The average molecular weight is 628 g/mol. The van der Waals surface area contributed by atoms with Gasteiger partial charge in [-0.1, -0.05) is 27.7 Å². The molecule has 5 rings (SSSR count). The van der Waals surface area contributed by atoms with Crippen LogP contribution in [0.3, 0.4) is 0 Å². The van der Waals surface area contributed by atoms with Crippen molar-refractivity contribution in [1.29, 1.82) is 0 Å². The second kappa shape index (κ2) is 12.9. The number of nitrogens with zero attached hydrogens (tertiary/aromatic N) is 1. The van der Waals surface area contributed by atoms with Gasteiger partial charge in [-0.15, -0.1) is 0 Å². The van der Waals surface area contributed by atoms with E-state index in [1.807, 2.05) is 34.6 Å². The van der Waals surface area contributed by atoms with Crippen LogP contribution in [0.4, 0.5) is 4.79 Å². The van der Waals surface area contributed by atoms with Gasteiger partial charge in [0.1, 0.15) is 18.3 Å². The third-order valence-electron chi connectivity index (χ3n) is 11.0. The predicted octanol–water partition coefficient (Wildman–Crippen LogP) is 2.65. The normalized spacial score (nSPS) is 50.8. The quantitative estimate of drug-likeness (QED) is 0.433. The zero-order valence-electron chi connectivity index (χ0n) is 27.5. The first-order valence-corrected chi connectivity index (χ1v) is 16.5. The fraction of sp³-hybridized carbons (Fsp3) is 0.938. The summed E-state index contributed by atoms with van der Waals surface area (Å²) in [6.07, 6.45) is -4.93. The van der Waals surface area contributed by atoms with E-state index in [0.29, 0.717) is 32.5 Å². The average Bonchev–Trinajstić information content (AvgIpc) is 3.47. The SMILES string of the molecule is CC[C@H]1OC(=O)O[C@@]1(C)[C@@H]1OC(=O)[C@H](C)[C@@H](O)[C@H](C)[C@@H](O[C@@H]2OC(C)CC(N3CCOCC3)C2O)[C@@]2(C)CC(C)C(O2)[C@@H]1C. The molecule has 0 radical (unpaired) electrons. The van der Waals surface area contributed by atoms with E-state index in [-0.39, 0.29) is 18.1 Å². The summed E-state index contributed by atoms with van der Waals surface area (Å²) in [7, 11) is 0. The van der Waals surface area contributed by atoms with Gasteiger partial charge in [0, 0.05) is 31.0 Å². The third kappa shape index (κ3) is 6.12. The van der Waals surface area contributed by atoms with Gasteiger partial charge in [0.25, 0.3) is 0 Å². The zero-order valence-corrected chi connectivity index (χ0v) is 27.5. The summed E-state index contributed by atoms with van der Waals surface area (Å²) in [5.41, 5.74) is -2.14. The van der Waals surface area contributed by atoms with Crippen LogP contribution in [0.1, 0.15) is 74.7 Å². The molecule has 15 atom stereocenters. The van der Waals surface area contributed by atoms with Crippen molar-refractivity contribution in [2.45, 2.75) is 141 Å². The number of hydrogen-bond donors (Lipinski definition) is 2. The maximum absolute atomic E-state index is 13.7. The van der Waals surface area contributed by atoms with Crippen molar-refractivity contribution >= 4 is 12.1 Å². The van der Waals surface area contributed by atoms with Crippen LogP contribution >= 0.6 is 0 Å². The Kier molecular flexibility index (Phi) is 9.93. The van der Waals surface area contributed by atoms with Crippen LogP contribution in [-0.4, -0.2) is 120 Å². The summed E-state index contributed by atoms with van der Waals surface area (Å²) in [6.45, 7) is 17.7. The Morgan fingerprint density at radius 1 is 0.977 bits per heavy atom. The molecule has 5 aliphatic heterocycles. The first kappa shape index (κ1) is 33.8. The smallest absolute Gasteiger partial charge is 0.457 e. The number of carbonyl (C=O) groups excluding carboxylic acids is 2. The van der Waals surface area contributed by atoms with Crippen molar-refractivity contribution in [2.75, 3.05) is 26.3 Å². The number of cyclic esters (lactones) is 3. The Hall–Kier alpha value is -1.54. The van der Waals surface area contributed by atoms with E-state index in [1.54, 1.807) is 13.8 Å². The van der Waals surface area contributed by atoms with E-state index in [2.05, 4.69) is 11.8 Å². The minimum absolute atomic E-state index is 0.00224. The number of aliphatic hydroxyl groups is 2. The molecule has 2 N–H and O–H groups in total. The molecule has 5 saturated heterocycles. The van der Waals surface area contributed by atoms with Gasteiger partial charge >= 0.3 is 12.1 Å². The van der Waals surface area contributed by atoms with Gasteiger partial charge in [-0.3, -0.25) is 9.69 Å². The number of ether oxygens (including phenoxy) is 7. The lowest BCUT2D eigenvalue weighted by molar-refractivity contribution is -0.303. The molecule has 0 aromatic heterocycles. The molecule has 252 valence electrons. The Bertz CT molecular complexity index is 1040. The summed E-state index contributed by atoms with van der Waals surface area (Å²) < 4.78 is 42.8. The molecule has 0 aromatic rings. The number of rotatable bonds is 5. The summed E-state index contributed by atoms with van der Waals surface area (Å²) in [4.78, 5) is 28.2. The van der Waals surface area contributed by atoms with Crippen molar-refractivity contribution in [3.63, 3.8) is 0 Å². The monoisotopic (exact) mass is 627 g/mol. The fourth-order valence-electron chi connectivity index (χ4n) is 8.58. The number of morpholine rings is 1. The molecule has 5 aliphatic rings. The third-order valence-corrected chi connectivity index (χ3v) is 11.0. The van der Waals surface area contributed by atoms with Crippen LogP contribution in [0, 0.1) is 23.7 Å². The van der Waals surface area contributed by atoms with Crippen molar-refractivity contribution in [3.05, 3.63) is 0 Å². The van der Waals surface area contributed by atoms with E-state index in [4.69, 9.17) is 33.2 Å². The van der Waals surface area contributed by atoms with Crippen LogP contribution in [0.2, 0.25) is 0 Å². The Labute approximate surface area is 260 Å². The van der Waals surface area contributed by atoms with E-state index in [1.165, 1.54) is 0 Å². The molecule has 0 aromatic carbocycles. The number of hydrogen-bond acceptors (Lipinski definition) is 12. The molecule has 0 aliphatic carbocycles. The van der Waals surface area contributed by atoms with Crippen LogP contribution in [0.25, 0.3) is 0 Å². The van der Waals surface area contributed by atoms with E-state index < -0.39 is 84.0 Å². The highest BCUT2D eigenvalue weighted by atomic mass is 16.8.